The molecule has 0 atom stereocenters. The maximum atomic E-state index is 12.9. The molecule has 3 rings (SSSR count). The summed E-state index contributed by atoms with van der Waals surface area (Å²) in [5, 5.41) is 19.4. The zero-order valence-electron chi connectivity index (χ0n) is 14.6. The van der Waals surface area contributed by atoms with Gasteiger partial charge >= 0.3 is 0 Å². The molecule has 0 unspecified atom stereocenters. The van der Waals surface area contributed by atoms with Gasteiger partial charge in [-0.25, -0.2) is 0 Å². The Bertz CT molecular complexity index is 670. The minimum Gasteiger partial charge on any atom is -0.491 e. The highest BCUT2D eigenvalue weighted by atomic mass is 35.5. The largest absolute Gasteiger partial charge is 0.491 e. The smallest absolute Gasteiger partial charge is 0.248 e. The number of ether oxygens (including phenoxy) is 1. The molecular formula is C18H25ClN4O3. The first-order chi connectivity index (χ1) is 12.2. The maximum Gasteiger partial charge on any atom is 0.248 e. The Morgan fingerprint density at radius 2 is 2.04 bits per heavy atom. The predicted molar refractivity (Wildman–Crippen MR) is 100 cm³/mol. The molecule has 142 valence electrons. The highest BCUT2D eigenvalue weighted by Gasteiger charge is 2.41. The second-order valence-corrected chi connectivity index (χ2v) is 6.13. The molecule has 1 saturated heterocycles. The van der Waals surface area contributed by atoms with E-state index in [0.29, 0.717) is 25.1 Å². The molecule has 2 aromatic rings. The first-order valence-corrected chi connectivity index (χ1v) is 8.56. The summed E-state index contributed by atoms with van der Waals surface area (Å²) in [5.41, 5.74) is 0.369. The van der Waals surface area contributed by atoms with Crippen LogP contribution in [0, 0.1) is 0 Å². The van der Waals surface area contributed by atoms with Crippen LogP contribution in [-0.4, -0.2) is 47.1 Å². The molecule has 7 nitrogen and oxygen atoms in total. The van der Waals surface area contributed by atoms with Crippen LogP contribution in [0.25, 0.3) is 0 Å². The summed E-state index contributed by atoms with van der Waals surface area (Å²) in [5.74, 6) is 0.703. The Kier molecular flexibility index (Phi) is 7.44. The van der Waals surface area contributed by atoms with Gasteiger partial charge in [0.2, 0.25) is 5.91 Å². The van der Waals surface area contributed by atoms with Gasteiger partial charge < -0.3 is 20.5 Å². The van der Waals surface area contributed by atoms with Crippen LogP contribution in [0.4, 0.5) is 0 Å². The molecule has 0 spiro atoms. The zero-order chi connectivity index (χ0) is 17.5. The van der Waals surface area contributed by atoms with Crippen LogP contribution in [0.5, 0.6) is 5.75 Å². The van der Waals surface area contributed by atoms with Crippen LogP contribution in [0.3, 0.4) is 0 Å². The van der Waals surface area contributed by atoms with Crippen LogP contribution in [0.2, 0.25) is 0 Å². The molecule has 2 heterocycles. The van der Waals surface area contributed by atoms with Gasteiger partial charge in [-0.3, -0.25) is 9.48 Å². The number of amides is 1. The molecule has 0 saturated carbocycles. The number of nitrogens with zero attached hydrogens (tertiary/aromatic N) is 2. The Morgan fingerprint density at radius 3 is 2.65 bits per heavy atom. The maximum absolute atomic E-state index is 12.9. The van der Waals surface area contributed by atoms with Gasteiger partial charge in [0, 0.05) is 18.9 Å². The molecule has 0 aliphatic carbocycles. The van der Waals surface area contributed by atoms with Crippen molar-refractivity contribution in [3.8, 4) is 5.75 Å². The second-order valence-electron chi connectivity index (χ2n) is 6.13. The van der Waals surface area contributed by atoms with E-state index in [0.717, 1.165) is 18.7 Å². The number of halogens is 1. The lowest BCUT2D eigenvalue weighted by Crippen LogP contribution is -2.54. The van der Waals surface area contributed by atoms with Crippen molar-refractivity contribution in [2.24, 2.45) is 0 Å². The highest BCUT2D eigenvalue weighted by Crippen LogP contribution is 2.27. The Balaban J connectivity index is 0.00000243. The summed E-state index contributed by atoms with van der Waals surface area (Å²) in [6.07, 6.45) is 5.00. The van der Waals surface area contributed by atoms with Crippen molar-refractivity contribution in [3.63, 3.8) is 0 Å². The fraction of sp³-hybridized carbons (Fsp3) is 0.444. The number of hydrogen-bond donors (Lipinski definition) is 3. The van der Waals surface area contributed by atoms with Crippen LogP contribution in [0.15, 0.2) is 42.7 Å². The number of aromatic nitrogens is 2. The average Bonchev–Trinajstić information content (AvgIpc) is 3.21. The number of carbonyl (C=O) groups is 1. The molecule has 1 aromatic heterocycles. The molecule has 1 aliphatic heterocycles. The van der Waals surface area contributed by atoms with E-state index in [4.69, 9.17) is 9.84 Å². The summed E-state index contributed by atoms with van der Waals surface area (Å²) < 4.78 is 7.13. The fourth-order valence-electron chi connectivity index (χ4n) is 3.14. The van der Waals surface area contributed by atoms with E-state index in [1.165, 1.54) is 0 Å². The van der Waals surface area contributed by atoms with E-state index in [1.54, 1.807) is 10.9 Å². The van der Waals surface area contributed by atoms with Crippen LogP contribution in [0.1, 0.15) is 18.4 Å². The molecule has 0 bridgehead atoms. The van der Waals surface area contributed by atoms with Crippen LogP contribution < -0.4 is 15.4 Å². The zero-order valence-corrected chi connectivity index (χ0v) is 15.4. The van der Waals surface area contributed by atoms with Crippen molar-refractivity contribution < 1.29 is 14.6 Å². The van der Waals surface area contributed by atoms with E-state index in [-0.39, 0.29) is 31.5 Å². The molecule has 1 aromatic carbocycles. The van der Waals surface area contributed by atoms with E-state index < -0.39 is 5.54 Å². The summed E-state index contributed by atoms with van der Waals surface area (Å²) in [6, 6.07) is 9.35. The van der Waals surface area contributed by atoms with Crippen LogP contribution >= 0.6 is 12.4 Å². The van der Waals surface area contributed by atoms with Gasteiger partial charge in [0.25, 0.3) is 0 Å². The molecular weight excluding hydrogens is 356 g/mol. The molecule has 1 amide bonds. The molecule has 1 fully saturated rings. The van der Waals surface area contributed by atoms with Crippen molar-refractivity contribution in [2.75, 3.05) is 26.3 Å². The fourth-order valence-corrected chi connectivity index (χ4v) is 3.14. The van der Waals surface area contributed by atoms with Crippen molar-refractivity contribution in [2.45, 2.75) is 24.9 Å². The number of aliphatic hydroxyl groups excluding tert-OH is 1. The number of rotatable bonds is 7. The van der Waals surface area contributed by atoms with Crippen molar-refractivity contribution in [3.05, 3.63) is 48.3 Å². The number of benzene rings is 1. The van der Waals surface area contributed by atoms with E-state index in [9.17, 15) is 4.79 Å². The highest BCUT2D eigenvalue weighted by molar-refractivity contribution is 5.85. The van der Waals surface area contributed by atoms with Gasteiger partial charge in [-0.2, -0.15) is 5.10 Å². The van der Waals surface area contributed by atoms with Gasteiger partial charge in [-0.15, -0.1) is 12.4 Å². The first kappa shape index (κ1) is 20.2. The van der Waals surface area contributed by atoms with Gasteiger partial charge in [0.05, 0.1) is 6.61 Å². The molecule has 3 N–H and O–H groups in total. The predicted octanol–water partition coefficient (Wildman–Crippen LogP) is 1.07. The third kappa shape index (κ3) is 4.55. The molecule has 26 heavy (non-hydrogen) atoms. The summed E-state index contributed by atoms with van der Waals surface area (Å²) >= 11 is 0. The summed E-state index contributed by atoms with van der Waals surface area (Å²) in [6.45, 7) is 2.31. The first-order valence-electron chi connectivity index (χ1n) is 8.56. The van der Waals surface area contributed by atoms with Gasteiger partial charge in [0.1, 0.15) is 17.9 Å². The standard InChI is InChI=1S/C18H24N4O3.ClH/c23-12-13-25-16-4-2-15(3-5-16)14-20-17(24)18(6-9-19-10-7-18)22-11-1-8-21-22;/h1-5,8,11,19,23H,6-7,9-10,12-14H2,(H,20,24);1H. The number of aliphatic hydroxyl groups is 1. The minimum atomic E-state index is -0.626. The third-order valence-electron chi connectivity index (χ3n) is 4.53. The normalized spacial score (nSPS) is 15.7. The molecule has 0 radical (unpaired) electrons. The summed E-state index contributed by atoms with van der Waals surface area (Å²) in [7, 11) is 0. The molecule has 1 aliphatic rings. The molecule has 8 heteroatoms. The Labute approximate surface area is 159 Å². The van der Waals surface area contributed by atoms with Crippen molar-refractivity contribution >= 4 is 18.3 Å². The minimum absolute atomic E-state index is 0. The quantitative estimate of drug-likeness (QED) is 0.668. The average molecular weight is 381 g/mol. The van der Waals surface area contributed by atoms with Crippen molar-refractivity contribution in [1.82, 2.24) is 20.4 Å². The van der Waals surface area contributed by atoms with Gasteiger partial charge in [0.15, 0.2) is 0 Å². The van der Waals surface area contributed by atoms with E-state index in [2.05, 4.69) is 15.7 Å². The number of nitrogens with one attached hydrogen (secondary N) is 2. The Morgan fingerprint density at radius 1 is 1.31 bits per heavy atom. The van der Waals surface area contributed by atoms with Gasteiger partial charge in [-0.1, -0.05) is 12.1 Å². The van der Waals surface area contributed by atoms with E-state index in [1.807, 2.05) is 36.5 Å². The third-order valence-corrected chi connectivity index (χ3v) is 4.53. The Hall–Kier alpha value is -2.09. The monoisotopic (exact) mass is 380 g/mol. The second kappa shape index (κ2) is 9.56. The lowest BCUT2D eigenvalue weighted by atomic mass is 9.87. The SMILES string of the molecule is Cl.O=C(NCc1ccc(OCCO)cc1)C1(n2cccn2)CCNCC1. The van der Waals surface area contributed by atoms with Crippen molar-refractivity contribution in [1.29, 1.82) is 0 Å². The number of piperidine rings is 1. The van der Waals surface area contributed by atoms with Gasteiger partial charge in [-0.05, 0) is 49.7 Å². The van der Waals surface area contributed by atoms with Crippen LogP contribution in [-0.2, 0) is 16.9 Å². The topological polar surface area (TPSA) is 88.4 Å². The summed E-state index contributed by atoms with van der Waals surface area (Å²) in [4.78, 5) is 12.9. The number of carbonyl (C=O) groups excluding carboxylic acids is 1. The lowest BCUT2D eigenvalue weighted by molar-refractivity contribution is -0.132. The number of hydrogen-bond acceptors (Lipinski definition) is 5. The van der Waals surface area contributed by atoms with E-state index >= 15 is 0 Å². The lowest BCUT2D eigenvalue weighted by Gasteiger charge is -2.36.